The molecule has 0 amide bonds. The lowest BCUT2D eigenvalue weighted by molar-refractivity contribution is 0.461. The topological polar surface area (TPSA) is 58.5 Å². The number of rotatable bonds is 5. The summed E-state index contributed by atoms with van der Waals surface area (Å²) < 4.78 is 18.4. The predicted molar refractivity (Wildman–Crippen MR) is 89.2 cm³/mol. The van der Waals surface area contributed by atoms with Crippen molar-refractivity contribution in [3.8, 4) is 11.6 Å². The van der Waals surface area contributed by atoms with Crippen LogP contribution >= 0.6 is 0 Å². The maximum atomic E-state index is 12.8. The highest BCUT2D eigenvalue weighted by molar-refractivity contribution is 5.79. The Kier molecular flexibility index (Phi) is 5.91. The van der Waals surface area contributed by atoms with E-state index in [1.54, 1.807) is 31.4 Å². The molecule has 5 nitrogen and oxygen atoms in total. The van der Waals surface area contributed by atoms with Crippen LogP contribution in [0, 0.1) is 5.82 Å². The molecule has 0 bridgehead atoms. The average Bonchev–Trinajstić information content (AvgIpc) is 2.54. The summed E-state index contributed by atoms with van der Waals surface area (Å²) in [7, 11) is 1.73. The summed E-state index contributed by atoms with van der Waals surface area (Å²) in [6.45, 7) is 4.71. The molecule has 0 saturated carbocycles. The van der Waals surface area contributed by atoms with Gasteiger partial charge in [0.1, 0.15) is 11.6 Å². The van der Waals surface area contributed by atoms with Gasteiger partial charge in [0, 0.05) is 31.9 Å². The first-order chi connectivity index (χ1) is 11.1. The number of pyridine rings is 1. The number of hydrogen-bond donors (Lipinski definition) is 2. The van der Waals surface area contributed by atoms with E-state index < -0.39 is 0 Å². The van der Waals surface area contributed by atoms with E-state index in [-0.39, 0.29) is 5.82 Å². The van der Waals surface area contributed by atoms with Crippen LogP contribution in [0.25, 0.3) is 0 Å². The van der Waals surface area contributed by atoms with E-state index in [1.807, 2.05) is 6.07 Å². The minimum Gasteiger partial charge on any atom is -0.439 e. The van der Waals surface area contributed by atoms with E-state index >= 15 is 0 Å². The van der Waals surface area contributed by atoms with Gasteiger partial charge < -0.3 is 15.4 Å². The molecule has 0 radical (unpaired) electrons. The first-order valence-corrected chi connectivity index (χ1v) is 7.42. The second-order valence-corrected chi connectivity index (χ2v) is 5.29. The third-order valence-electron chi connectivity index (χ3n) is 2.94. The standard InChI is InChI=1S/C17H21FN4O/c1-12(2)22-17(19-3)21-11-13-4-9-16(20-10-13)23-15-7-5-14(18)6-8-15/h4-10,12H,11H2,1-3H3,(H2,19,21,22). The zero-order valence-corrected chi connectivity index (χ0v) is 13.5. The highest BCUT2D eigenvalue weighted by Gasteiger charge is 2.02. The van der Waals surface area contributed by atoms with Crippen LogP contribution < -0.4 is 15.4 Å². The summed E-state index contributed by atoms with van der Waals surface area (Å²) in [5.41, 5.74) is 1.00. The molecule has 0 aliphatic heterocycles. The van der Waals surface area contributed by atoms with Gasteiger partial charge in [-0.1, -0.05) is 6.07 Å². The number of ether oxygens (including phenoxy) is 1. The van der Waals surface area contributed by atoms with Gasteiger partial charge in [-0.25, -0.2) is 9.37 Å². The third kappa shape index (κ3) is 5.58. The maximum absolute atomic E-state index is 12.8. The average molecular weight is 316 g/mol. The Labute approximate surface area is 135 Å². The lowest BCUT2D eigenvalue weighted by atomic mass is 10.3. The Hall–Kier alpha value is -2.63. The molecule has 0 saturated heterocycles. The number of guanidine groups is 1. The summed E-state index contributed by atoms with van der Waals surface area (Å²) in [6, 6.07) is 9.83. The fourth-order valence-electron chi connectivity index (χ4n) is 1.85. The Morgan fingerprint density at radius 1 is 1.22 bits per heavy atom. The minimum atomic E-state index is -0.296. The van der Waals surface area contributed by atoms with E-state index in [4.69, 9.17) is 4.74 Å². The summed E-state index contributed by atoms with van der Waals surface area (Å²) >= 11 is 0. The van der Waals surface area contributed by atoms with Gasteiger partial charge in [0.2, 0.25) is 5.88 Å². The van der Waals surface area contributed by atoms with E-state index in [1.165, 1.54) is 12.1 Å². The molecule has 1 heterocycles. The minimum absolute atomic E-state index is 0.296. The first-order valence-electron chi connectivity index (χ1n) is 7.42. The molecular weight excluding hydrogens is 295 g/mol. The molecule has 6 heteroatoms. The zero-order valence-electron chi connectivity index (χ0n) is 13.5. The molecule has 122 valence electrons. The molecule has 1 aromatic heterocycles. The van der Waals surface area contributed by atoms with Crippen molar-refractivity contribution < 1.29 is 9.13 Å². The normalized spacial score (nSPS) is 11.4. The predicted octanol–water partition coefficient (Wildman–Crippen LogP) is 3.09. The molecular formula is C17H21FN4O. The highest BCUT2D eigenvalue weighted by atomic mass is 19.1. The Morgan fingerprint density at radius 3 is 2.52 bits per heavy atom. The van der Waals surface area contributed by atoms with Crippen LogP contribution in [0.15, 0.2) is 47.6 Å². The molecule has 0 aliphatic rings. The van der Waals surface area contributed by atoms with Crippen LogP contribution in [0.3, 0.4) is 0 Å². The quantitative estimate of drug-likeness (QED) is 0.657. The smallest absolute Gasteiger partial charge is 0.219 e. The van der Waals surface area contributed by atoms with Gasteiger partial charge >= 0.3 is 0 Å². The summed E-state index contributed by atoms with van der Waals surface area (Å²) in [5, 5.41) is 6.42. The van der Waals surface area contributed by atoms with E-state index in [9.17, 15) is 4.39 Å². The first kappa shape index (κ1) is 16.7. The molecule has 0 spiro atoms. The van der Waals surface area contributed by atoms with E-state index in [0.29, 0.717) is 24.2 Å². The summed E-state index contributed by atoms with van der Waals surface area (Å²) in [6.07, 6.45) is 1.73. The fraction of sp³-hybridized carbons (Fsp3) is 0.294. The van der Waals surface area contributed by atoms with Crippen LogP contribution in [0.5, 0.6) is 11.6 Å². The second-order valence-electron chi connectivity index (χ2n) is 5.29. The number of aliphatic imine (C=N–C) groups is 1. The molecule has 0 unspecified atom stereocenters. The number of nitrogens with one attached hydrogen (secondary N) is 2. The lowest BCUT2D eigenvalue weighted by Crippen LogP contribution is -2.40. The van der Waals surface area contributed by atoms with Crippen molar-refractivity contribution in [2.75, 3.05) is 7.05 Å². The highest BCUT2D eigenvalue weighted by Crippen LogP contribution is 2.19. The van der Waals surface area contributed by atoms with Crippen molar-refractivity contribution in [2.45, 2.75) is 26.4 Å². The van der Waals surface area contributed by atoms with Gasteiger partial charge in [-0.05, 0) is 43.7 Å². The Balaban J connectivity index is 1.90. The van der Waals surface area contributed by atoms with Crippen molar-refractivity contribution in [2.24, 2.45) is 4.99 Å². The number of halogens is 1. The number of hydrogen-bond acceptors (Lipinski definition) is 3. The SMILES string of the molecule is CN=C(NCc1ccc(Oc2ccc(F)cc2)nc1)NC(C)C. The third-order valence-corrected chi connectivity index (χ3v) is 2.94. The van der Waals surface area contributed by atoms with E-state index in [0.717, 1.165) is 11.5 Å². The Morgan fingerprint density at radius 2 is 1.96 bits per heavy atom. The van der Waals surface area contributed by atoms with Crippen molar-refractivity contribution >= 4 is 5.96 Å². The van der Waals surface area contributed by atoms with Gasteiger partial charge in [0.05, 0.1) is 0 Å². The number of aromatic nitrogens is 1. The van der Waals surface area contributed by atoms with Gasteiger partial charge in [-0.2, -0.15) is 0 Å². The molecule has 2 aromatic rings. The number of benzene rings is 1. The zero-order chi connectivity index (χ0) is 16.7. The van der Waals surface area contributed by atoms with Gasteiger partial charge in [-0.3, -0.25) is 4.99 Å². The van der Waals surface area contributed by atoms with Crippen molar-refractivity contribution in [3.63, 3.8) is 0 Å². The molecule has 23 heavy (non-hydrogen) atoms. The molecule has 0 atom stereocenters. The molecule has 0 fully saturated rings. The molecule has 0 aliphatic carbocycles. The molecule has 1 aromatic carbocycles. The summed E-state index contributed by atoms with van der Waals surface area (Å²) in [4.78, 5) is 8.39. The number of nitrogens with zero attached hydrogens (tertiary/aromatic N) is 2. The van der Waals surface area contributed by atoms with Crippen LogP contribution in [0.4, 0.5) is 4.39 Å². The van der Waals surface area contributed by atoms with Crippen molar-refractivity contribution in [3.05, 3.63) is 54.0 Å². The van der Waals surface area contributed by atoms with Gasteiger partial charge in [-0.15, -0.1) is 0 Å². The molecule has 2 N–H and O–H groups in total. The van der Waals surface area contributed by atoms with Crippen molar-refractivity contribution in [1.29, 1.82) is 0 Å². The Bertz CT molecular complexity index is 639. The van der Waals surface area contributed by atoms with E-state index in [2.05, 4.69) is 34.5 Å². The van der Waals surface area contributed by atoms with Crippen LogP contribution in [-0.4, -0.2) is 24.0 Å². The molecule has 2 rings (SSSR count). The van der Waals surface area contributed by atoms with Gasteiger partial charge in [0.15, 0.2) is 5.96 Å². The lowest BCUT2D eigenvalue weighted by Gasteiger charge is -2.14. The van der Waals surface area contributed by atoms with Crippen LogP contribution in [0.1, 0.15) is 19.4 Å². The fourth-order valence-corrected chi connectivity index (χ4v) is 1.85. The summed E-state index contributed by atoms with van der Waals surface area (Å²) in [5.74, 6) is 1.46. The largest absolute Gasteiger partial charge is 0.439 e. The van der Waals surface area contributed by atoms with Gasteiger partial charge in [0.25, 0.3) is 0 Å². The maximum Gasteiger partial charge on any atom is 0.219 e. The van der Waals surface area contributed by atoms with Crippen molar-refractivity contribution in [1.82, 2.24) is 15.6 Å². The van der Waals surface area contributed by atoms with Crippen LogP contribution in [0.2, 0.25) is 0 Å². The van der Waals surface area contributed by atoms with Crippen LogP contribution in [-0.2, 0) is 6.54 Å². The second kappa shape index (κ2) is 8.12. The monoisotopic (exact) mass is 316 g/mol.